The maximum absolute atomic E-state index is 13.7. The molecule has 0 bridgehead atoms. The number of hydrogen-bond acceptors (Lipinski definition) is 3. The van der Waals surface area contributed by atoms with Crippen LogP contribution in [0.3, 0.4) is 0 Å². The van der Waals surface area contributed by atoms with Crippen LogP contribution in [0.1, 0.15) is 27.0 Å². The Labute approximate surface area is 126 Å². The molecular formula is C16H14FNO2S. The molecule has 2 rings (SSSR count). The predicted octanol–water partition coefficient (Wildman–Crippen LogP) is 2.47. The van der Waals surface area contributed by atoms with Gasteiger partial charge >= 0.3 is 0 Å². The number of carbonyl (C=O) groups excluding carboxylic acids is 1. The Balaban J connectivity index is 2.06. The number of amides is 1. The van der Waals surface area contributed by atoms with Crippen molar-refractivity contribution in [2.75, 3.05) is 6.61 Å². The van der Waals surface area contributed by atoms with E-state index in [0.717, 1.165) is 17.2 Å². The van der Waals surface area contributed by atoms with Crippen molar-refractivity contribution in [3.05, 3.63) is 57.0 Å². The number of nitrogens with one attached hydrogen (secondary N) is 1. The van der Waals surface area contributed by atoms with E-state index >= 15 is 0 Å². The zero-order chi connectivity index (χ0) is 15.2. The van der Waals surface area contributed by atoms with E-state index in [9.17, 15) is 9.18 Å². The maximum Gasteiger partial charge on any atom is 0.251 e. The molecule has 0 fully saturated rings. The summed E-state index contributed by atoms with van der Waals surface area (Å²) in [5.41, 5.74) is 2.59. The second-order valence-corrected chi connectivity index (χ2v) is 5.16. The average molecular weight is 303 g/mol. The lowest BCUT2D eigenvalue weighted by Gasteiger charge is -2.06. The zero-order valence-corrected chi connectivity index (χ0v) is 12.3. The molecule has 1 amide bonds. The highest BCUT2D eigenvalue weighted by Gasteiger charge is 2.09. The third-order valence-electron chi connectivity index (χ3n) is 2.93. The molecule has 0 aliphatic carbocycles. The lowest BCUT2D eigenvalue weighted by molar-refractivity contribution is 0.0950. The molecule has 3 nitrogen and oxygen atoms in total. The fourth-order valence-electron chi connectivity index (χ4n) is 1.74. The molecule has 21 heavy (non-hydrogen) atoms. The summed E-state index contributed by atoms with van der Waals surface area (Å²) in [6.07, 6.45) is 0. The SMILES string of the molecule is Cc1cscc1CNC(=O)c1ccc(C#CCO)c(F)c1. The molecule has 2 aromatic rings. The lowest BCUT2D eigenvalue weighted by Crippen LogP contribution is -2.23. The van der Waals surface area contributed by atoms with Gasteiger partial charge in [0.05, 0.1) is 5.56 Å². The van der Waals surface area contributed by atoms with Crippen molar-refractivity contribution in [3.8, 4) is 11.8 Å². The summed E-state index contributed by atoms with van der Waals surface area (Å²) < 4.78 is 13.7. The minimum Gasteiger partial charge on any atom is -0.384 e. The third-order valence-corrected chi connectivity index (χ3v) is 3.84. The summed E-state index contributed by atoms with van der Waals surface area (Å²) >= 11 is 1.58. The van der Waals surface area contributed by atoms with E-state index in [2.05, 4.69) is 17.2 Å². The van der Waals surface area contributed by atoms with E-state index in [4.69, 9.17) is 5.11 Å². The smallest absolute Gasteiger partial charge is 0.251 e. The van der Waals surface area contributed by atoms with Crippen LogP contribution in [0.15, 0.2) is 29.0 Å². The molecule has 2 N–H and O–H groups in total. The summed E-state index contributed by atoms with van der Waals surface area (Å²) in [5, 5.41) is 15.3. The second kappa shape index (κ2) is 7.02. The number of halogens is 1. The van der Waals surface area contributed by atoms with Crippen molar-refractivity contribution in [1.82, 2.24) is 5.32 Å². The number of rotatable bonds is 3. The van der Waals surface area contributed by atoms with Crippen molar-refractivity contribution in [2.24, 2.45) is 0 Å². The number of hydrogen-bond donors (Lipinski definition) is 2. The fourth-order valence-corrected chi connectivity index (χ4v) is 2.60. The van der Waals surface area contributed by atoms with Crippen molar-refractivity contribution >= 4 is 17.2 Å². The number of benzene rings is 1. The Kier molecular flexibility index (Phi) is 5.09. The Bertz CT molecular complexity index is 713. The molecule has 1 aromatic carbocycles. The number of aryl methyl sites for hydroxylation is 1. The van der Waals surface area contributed by atoms with Crippen molar-refractivity contribution < 1.29 is 14.3 Å². The minimum atomic E-state index is -0.574. The molecule has 108 valence electrons. The fraction of sp³-hybridized carbons (Fsp3) is 0.188. The van der Waals surface area contributed by atoms with Gasteiger partial charge in [-0.3, -0.25) is 4.79 Å². The van der Waals surface area contributed by atoms with Crippen LogP contribution in [-0.4, -0.2) is 17.6 Å². The van der Waals surface area contributed by atoms with Crippen LogP contribution < -0.4 is 5.32 Å². The van der Waals surface area contributed by atoms with Gasteiger partial charge in [-0.1, -0.05) is 11.8 Å². The van der Waals surface area contributed by atoms with Gasteiger partial charge in [-0.05, 0) is 47.0 Å². The largest absolute Gasteiger partial charge is 0.384 e. The maximum atomic E-state index is 13.7. The predicted molar refractivity (Wildman–Crippen MR) is 80.6 cm³/mol. The molecule has 0 saturated carbocycles. The second-order valence-electron chi connectivity index (χ2n) is 4.42. The highest BCUT2D eigenvalue weighted by Crippen LogP contribution is 2.14. The van der Waals surface area contributed by atoms with Crippen LogP contribution in [0.4, 0.5) is 4.39 Å². The van der Waals surface area contributed by atoms with Crippen molar-refractivity contribution in [3.63, 3.8) is 0 Å². The molecule has 0 saturated heterocycles. The number of carbonyl (C=O) groups is 1. The first-order chi connectivity index (χ1) is 10.1. The molecule has 1 aromatic heterocycles. The molecule has 0 aliphatic heterocycles. The molecule has 0 spiro atoms. The first kappa shape index (κ1) is 15.2. The molecule has 0 unspecified atom stereocenters. The van der Waals surface area contributed by atoms with E-state index in [1.54, 1.807) is 11.3 Å². The van der Waals surface area contributed by atoms with Gasteiger partial charge in [-0.25, -0.2) is 4.39 Å². The topological polar surface area (TPSA) is 49.3 Å². The van der Waals surface area contributed by atoms with Gasteiger partial charge in [-0.2, -0.15) is 11.3 Å². The normalized spacial score (nSPS) is 9.86. The van der Waals surface area contributed by atoms with Gasteiger partial charge in [0.25, 0.3) is 5.91 Å². The van der Waals surface area contributed by atoms with Gasteiger partial charge in [0.15, 0.2) is 0 Å². The van der Waals surface area contributed by atoms with Gasteiger partial charge < -0.3 is 10.4 Å². The van der Waals surface area contributed by atoms with Gasteiger partial charge in [0.1, 0.15) is 12.4 Å². The summed E-state index contributed by atoms with van der Waals surface area (Å²) in [5.74, 6) is 3.95. The summed E-state index contributed by atoms with van der Waals surface area (Å²) in [6.45, 7) is 2.07. The molecule has 0 atom stereocenters. The first-order valence-corrected chi connectivity index (χ1v) is 7.25. The highest BCUT2D eigenvalue weighted by molar-refractivity contribution is 7.08. The quantitative estimate of drug-likeness (QED) is 0.856. The van der Waals surface area contributed by atoms with Crippen LogP contribution in [0.2, 0.25) is 0 Å². The van der Waals surface area contributed by atoms with E-state index in [-0.39, 0.29) is 23.6 Å². The minimum absolute atomic E-state index is 0.161. The Morgan fingerprint density at radius 1 is 1.43 bits per heavy atom. The van der Waals surface area contributed by atoms with Crippen molar-refractivity contribution in [1.29, 1.82) is 0 Å². The standard InChI is InChI=1S/C16H14FNO2S/c1-11-9-21-10-14(11)8-18-16(20)13-5-4-12(3-2-6-19)15(17)7-13/h4-5,7,9-10,19H,6,8H2,1H3,(H,18,20). The summed E-state index contributed by atoms with van der Waals surface area (Å²) in [7, 11) is 0. The van der Waals surface area contributed by atoms with E-state index < -0.39 is 5.82 Å². The zero-order valence-electron chi connectivity index (χ0n) is 11.4. The summed E-state index contributed by atoms with van der Waals surface area (Å²) in [4.78, 5) is 12.0. The van der Waals surface area contributed by atoms with Crippen LogP contribution in [0.5, 0.6) is 0 Å². The summed E-state index contributed by atoms with van der Waals surface area (Å²) in [6, 6.07) is 4.10. The van der Waals surface area contributed by atoms with Gasteiger partial charge in [0.2, 0.25) is 0 Å². The Morgan fingerprint density at radius 3 is 2.86 bits per heavy atom. The Morgan fingerprint density at radius 2 is 2.24 bits per heavy atom. The van der Waals surface area contributed by atoms with Crippen LogP contribution in [0.25, 0.3) is 0 Å². The molecule has 0 radical (unpaired) electrons. The lowest BCUT2D eigenvalue weighted by atomic mass is 10.1. The highest BCUT2D eigenvalue weighted by atomic mass is 32.1. The number of thiophene rings is 1. The van der Waals surface area contributed by atoms with Crippen LogP contribution in [0, 0.1) is 24.6 Å². The van der Waals surface area contributed by atoms with E-state index in [1.807, 2.05) is 17.7 Å². The molecule has 5 heteroatoms. The molecule has 0 aliphatic rings. The Hall–Kier alpha value is -2.16. The third kappa shape index (κ3) is 3.91. The average Bonchev–Trinajstić information content (AvgIpc) is 2.88. The monoisotopic (exact) mass is 303 g/mol. The molecular weight excluding hydrogens is 289 g/mol. The number of aliphatic hydroxyl groups excluding tert-OH is 1. The van der Waals surface area contributed by atoms with Crippen LogP contribution >= 0.6 is 11.3 Å². The van der Waals surface area contributed by atoms with Gasteiger partial charge in [-0.15, -0.1) is 0 Å². The van der Waals surface area contributed by atoms with E-state index in [0.29, 0.717) is 6.54 Å². The number of aliphatic hydroxyl groups is 1. The van der Waals surface area contributed by atoms with Crippen LogP contribution in [-0.2, 0) is 6.54 Å². The molecule has 1 heterocycles. The van der Waals surface area contributed by atoms with Gasteiger partial charge in [0, 0.05) is 12.1 Å². The van der Waals surface area contributed by atoms with Crippen molar-refractivity contribution in [2.45, 2.75) is 13.5 Å². The first-order valence-electron chi connectivity index (χ1n) is 6.31. The van der Waals surface area contributed by atoms with E-state index in [1.165, 1.54) is 12.1 Å².